The molecule has 2 aromatic rings. The number of aromatic nitrogens is 1. The molecule has 1 aromatic carbocycles. The van der Waals surface area contributed by atoms with Crippen molar-refractivity contribution < 1.29 is 14.2 Å². The number of fused-ring (bicyclic) bond motifs is 2. The highest BCUT2D eigenvalue weighted by molar-refractivity contribution is 5.62. The molecule has 0 N–H and O–H groups in total. The third-order valence-corrected chi connectivity index (χ3v) is 10.9. The molecule has 4 heteroatoms. The van der Waals surface area contributed by atoms with Gasteiger partial charge in [-0.15, -0.1) is 0 Å². The van der Waals surface area contributed by atoms with Crippen molar-refractivity contribution in [2.45, 2.75) is 70.5 Å². The average Bonchev–Trinajstić information content (AvgIpc) is 3.20. The molecule has 4 nitrogen and oxygen atoms in total. The van der Waals surface area contributed by atoms with Gasteiger partial charge >= 0.3 is 0 Å². The maximum atomic E-state index is 7.07. The summed E-state index contributed by atoms with van der Waals surface area (Å²) < 4.78 is 19.3. The number of methoxy groups -OCH3 is 1. The van der Waals surface area contributed by atoms with Crippen molar-refractivity contribution in [1.82, 2.24) is 4.98 Å². The fourth-order valence-electron chi connectivity index (χ4n) is 9.37. The summed E-state index contributed by atoms with van der Waals surface area (Å²) in [5.74, 6) is 4.05. The minimum absolute atomic E-state index is 0.129. The monoisotopic (exact) mass is 445 g/mol. The van der Waals surface area contributed by atoms with E-state index in [1.165, 1.54) is 55.2 Å². The second-order valence-corrected chi connectivity index (χ2v) is 11.9. The SMILES string of the molecule is COc1ccc2c3c1OC1C4(C)CCC5(CC4COCc4ccncc4)C(C2)C(C)CCC315. The fourth-order valence-corrected chi connectivity index (χ4v) is 9.37. The van der Waals surface area contributed by atoms with Crippen molar-refractivity contribution in [2.24, 2.45) is 28.6 Å². The van der Waals surface area contributed by atoms with Gasteiger partial charge in [0.2, 0.25) is 0 Å². The number of rotatable bonds is 5. The summed E-state index contributed by atoms with van der Waals surface area (Å²) in [5, 5.41) is 0. The average molecular weight is 446 g/mol. The van der Waals surface area contributed by atoms with Gasteiger partial charge in [-0.1, -0.05) is 19.9 Å². The molecule has 33 heavy (non-hydrogen) atoms. The second-order valence-electron chi connectivity index (χ2n) is 11.9. The summed E-state index contributed by atoms with van der Waals surface area (Å²) in [6.45, 7) is 6.51. The molecule has 2 heterocycles. The fraction of sp³-hybridized carbons (Fsp3) is 0.621. The summed E-state index contributed by atoms with van der Waals surface area (Å²) >= 11 is 0. The lowest BCUT2D eigenvalue weighted by Crippen LogP contribution is -2.74. The molecule has 6 aliphatic rings. The first-order chi connectivity index (χ1) is 16.0. The maximum Gasteiger partial charge on any atom is 0.165 e. The zero-order chi connectivity index (χ0) is 22.4. The summed E-state index contributed by atoms with van der Waals surface area (Å²) in [5.41, 5.74) is 4.91. The van der Waals surface area contributed by atoms with E-state index in [1.807, 2.05) is 12.4 Å². The van der Waals surface area contributed by atoms with E-state index in [2.05, 4.69) is 43.1 Å². The van der Waals surface area contributed by atoms with E-state index >= 15 is 0 Å². The molecule has 1 aliphatic heterocycles. The largest absolute Gasteiger partial charge is 0.493 e. The maximum absolute atomic E-state index is 7.07. The summed E-state index contributed by atoms with van der Waals surface area (Å²) in [7, 11) is 1.79. The van der Waals surface area contributed by atoms with Crippen molar-refractivity contribution in [1.29, 1.82) is 0 Å². The number of hydrogen-bond acceptors (Lipinski definition) is 4. The van der Waals surface area contributed by atoms with Gasteiger partial charge < -0.3 is 14.2 Å². The molecule has 4 fully saturated rings. The van der Waals surface area contributed by atoms with Crippen molar-refractivity contribution in [2.75, 3.05) is 13.7 Å². The lowest BCUT2D eigenvalue weighted by Gasteiger charge is -2.73. The Morgan fingerprint density at radius 1 is 1.12 bits per heavy atom. The van der Waals surface area contributed by atoms with Crippen LogP contribution in [-0.2, 0) is 23.2 Å². The van der Waals surface area contributed by atoms with E-state index in [9.17, 15) is 0 Å². The van der Waals surface area contributed by atoms with Crippen LogP contribution in [0.5, 0.6) is 11.5 Å². The third-order valence-electron chi connectivity index (χ3n) is 10.9. The highest BCUT2D eigenvalue weighted by atomic mass is 16.5. The zero-order valence-electron chi connectivity index (χ0n) is 20.1. The van der Waals surface area contributed by atoms with Crippen LogP contribution in [0, 0.1) is 28.6 Å². The van der Waals surface area contributed by atoms with Crippen molar-refractivity contribution >= 4 is 0 Å². The first-order valence-electron chi connectivity index (χ1n) is 12.9. The number of hydrogen-bond donors (Lipinski definition) is 0. The topological polar surface area (TPSA) is 40.6 Å². The third kappa shape index (κ3) is 2.34. The molecule has 8 rings (SSSR count). The minimum atomic E-state index is 0.129. The van der Waals surface area contributed by atoms with Crippen molar-refractivity contribution in [3.8, 4) is 11.5 Å². The van der Waals surface area contributed by atoms with Gasteiger partial charge in [-0.05, 0) is 91.0 Å². The number of nitrogens with zero attached hydrogens (tertiary/aromatic N) is 1. The first kappa shape index (κ1) is 20.3. The Hall–Kier alpha value is -2.07. The van der Waals surface area contributed by atoms with Crippen LogP contribution in [0.15, 0.2) is 36.7 Å². The predicted octanol–water partition coefficient (Wildman–Crippen LogP) is 5.71. The van der Waals surface area contributed by atoms with E-state index in [4.69, 9.17) is 14.2 Å². The van der Waals surface area contributed by atoms with Gasteiger partial charge in [-0.2, -0.15) is 0 Å². The Balaban J connectivity index is 1.31. The van der Waals surface area contributed by atoms with Crippen LogP contribution in [0.25, 0.3) is 0 Å². The molecule has 4 saturated carbocycles. The molecule has 2 spiro atoms. The highest BCUT2D eigenvalue weighted by Gasteiger charge is 2.78. The van der Waals surface area contributed by atoms with Crippen LogP contribution < -0.4 is 9.47 Å². The van der Waals surface area contributed by atoms with Gasteiger partial charge in [0.25, 0.3) is 0 Å². The Bertz CT molecular complexity index is 1100. The Kier molecular flexibility index (Phi) is 4.15. The van der Waals surface area contributed by atoms with Crippen LogP contribution in [0.4, 0.5) is 0 Å². The van der Waals surface area contributed by atoms with Crippen molar-refractivity contribution in [3.63, 3.8) is 0 Å². The molecule has 0 radical (unpaired) electrons. The van der Waals surface area contributed by atoms with E-state index in [1.54, 1.807) is 7.11 Å². The van der Waals surface area contributed by atoms with E-state index in [-0.39, 0.29) is 16.9 Å². The smallest absolute Gasteiger partial charge is 0.165 e. The lowest BCUT2D eigenvalue weighted by molar-refractivity contribution is -0.241. The molecular weight excluding hydrogens is 410 g/mol. The van der Waals surface area contributed by atoms with Crippen LogP contribution in [0.3, 0.4) is 0 Å². The van der Waals surface area contributed by atoms with Crippen LogP contribution in [0.2, 0.25) is 0 Å². The van der Waals surface area contributed by atoms with Gasteiger partial charge in [-0.3, -0.25) is 4.98 Å². The molecular formula is C29H35NO3. The van der Waals surface area contributed by atoms with Crippen LogP contribution in [0.1, 0.15) is 62.6 Å². The quantitative estimate of drug-likeness (QED) is 0.591. The van der Waals surface area contributed by atoms with Crippen LogP contribution >= 0.6 is 0 Å². The number of pyridine rings is 1. The van der Waals surface area contributed by atoms with Gasteiger partial charge in [0.15, 0.2) is 11.5 Å². The lowest BCUT2D eigenvalue weighted by atomic mass is 9.30. The van der Waals surface area contributed by atoms with Gasteiger partial charge in [0.1, 0.15) is 6.10 Å². The molecule has 1 aromatic heterocycles. The van der Waals surface area contributed by atoms with Gasteiger partial charge in [-0.25, -0.2) is 0 Å². The van der Waals surface area contributed by atoms with E-state index in [0.717, 1.165) is 29.9 Å². The van der Waals surface area contributed by atoms with Crippen molar-refractivity contribution in [3.05, 3.63) is 53.3 Å². The van der Waals surface area contributed by atoms with Gasteiger partial charge in [0.05, 0.1) is 20.3 Å². The molecule has 7 atom stereocenters. The minimum Gasteiger partial charge on any atom is -0.493 e. The summed E-state index contributed by atoms with van der Waals surface area (Å²) in [4.78, 5) is 4.14. The van der Waals surface area contributed by atoms with Crippen LogP contribution in [-0.4, -0.2) is 24.8 Å². The Morgan fingerprint density at radius 3 is 2.79 bits per heavy atom. The van der Waals surface area contributed by atoms with E-state index in [0.29, 0.717) is 17.9 Å². The van der Waals surface area contributed by atoms with Gasteiger partial charge in [0, 0.05) is 28.8 Å². The zero-order valence-corrected chi connectivity index (χ0v) is 20.1. The summed E-state index contributed by atoms with van der Waals surface area (Å²) in [6, 6.07) is 8.61. The first-order valence-corrected chi connectivity index (χ1v) is 12.9. The second kappa shape index (κ2) is 6.75. The number of ether oxygens (including phenoxy) is 3. The predicted molar refractivity (Wildman–Crippen MR) is 126 cm³/mol. The summed E-state index contributed by atoms with van der Waals surface area (Å²) in [6.07, 6.45) is 11.6. The Labute approximate surface area is 197 Å². The standard InChI is InChI=1S/C29H35NO3/c1-18-6-9-29-24-20-4-5-23(31-3)25(24)33-26(29)27(2)10-11-28(29,22(18)14-20)15-21(27)17-32-16-19-7-12-30-13-8-19/h4-5,7-8,12-13,18,21-22,26H,6,9-11,14-17H2,1-3H3. The van der Waals surface area contributed by atoms with E-state index < -0.39 is 0 Å². The molecule has 0 amide bonds. The molecule has 7 unspecified atom stereocenters. The molecule has 4 bridgehead atoms. The molecule has 0 saturated heterocycles. The molecule has 174 valence electrons. The normalized spacial score (nSPS) is 41.4. The Morgan fingerprint density at radius 2 is 1.97 bits per heavy atom. The number of benzene rings is 1. The highest BCUT2D eigenvalue weighted by Crippen LogP contribution is 2.80. The molecule has 5 aliphatic carbocycles.